The molecule has 0 radical (unpaired) electrons. The van der Waals surface area contributed by atoms with E-state index in [9.17, 15) is 4.39 Å². The second-order valence-electron chi connectivity index (χ2n) is 0.478. The SMILES string of the molecule is NCCF.[Cl-].[H+]. The van der Waals surface area contributed by atoms with E-state index in [0.717, 1.165) is 0 Å². The van der Waals surface area contributed by atoms with Crippen LogP contribution in [0.25, 0.3) is 0 Å². The second kappa shape index (κ2) is 8.89. The number of halogens is 2. The summed E-state index contributed by atoms with van der Waals surface area (Å²) in [5, 5.41) is 0. The van der Waals surface area contributed by atoms with Crippen molar-refractivity contribution in [2.24, 2.45) is 5.73 Å². The molecule has 5 heavy (non-hydrogen) atoms. The highest BCUT2D eigenvalue weighted by molar-refractivity contribution is 4.18. The van der Waals surface area contributed by atoms with Crippen molar-refractivity contribution in [2.75, 3.05) is 13.2 Å². The summed E-state index contributed by atoms with van der Waals surface area (Å²) in [6, 6.07) is 0. The van der Waals surface area contributed by atoms with Crippen LogP contribution >= 0.6 is 0 Å². The van der Waals surface area contributed by atoms with Gasteiger partial charge in [-0.3, -0.25) is 0 Å². The molecule has 0 aromatic rings. The molecule has 0 spiro atoms. The maximum Gasteiger partial charge on any atom is 1.00 e. The van der Waals surface area contributed by atoms with Crippen LogP contribution in [0.5, 0.6) is 0 Å². The summed E-state index contributed by atoms with van der Waals surface area (Å²) in [6.07, 6.45) is 0. The molecule has 0 saturated heterocycles. The lowest BCUT2D eigenvalue weighted by molar-refractivity contribution is -0.00000149. The van der Waals surface area contributed by atoms with Gasteiger partial charge in [0.15, 0.2) is 0 Å². The highest BCUT2D eigenvalue weighted by Gasteiger charge is 1.60. The molecule has 34 valence electrons. The summed E-state index contributed by atoms with van der Waals surface area (Å²) < 4.78 is 10.6. The monoisotopic (exact) mass is 99.0 g/mol. The van der Waals surface area contributed by atoms with Crippen molar-refractivity contribution in [2.45, 2.75) is 0 Å². The molecular formula is C2H7ClFN. The second-order valence-corrected chi connectivity index (χ2v) is 0.478. The zero-order chi connectivity index (χ0) is 3.41. The number of rotatable bonds is 1. The molecular weight excluding hydrogens is 92.5 g/mol. The molecule has 0 aliphatic carbocycles. The minimum Gasteiger partial charge on any atom is -1.00 e. The quantitative estimate of drug-likeness (QED) is 0.373. The lowest BCUT2D eigenvalue weighted by Crippen LogP contribution is -3.00. The third kappa shape index (κ3) is 14.3. The average Bonchev–Trinajstić information content (AvgIpc) is 1.37. The van der Waals surface area contributed by atoms with Gasteiger partial charge in [0, 0.05) is 6.54 Å². The van der Waals surface area contributed by atoms with Gasteiger partial charge in [0.25, 0.3) is 0 Å². The number of alkyl halides is 1. The Hall–Kier alpha value is 0.180. The maximum atomic E-state index is 10.6. The first-order chi connectivity index (χ1) is 1.91. The zero-order valence-electron chi connectivity index (χ0n) is 3.75. The van der Waals surface area contributed by atoms with Crippen LogP contribution in [0.15, 0.2) is 0 Å². The first kappa shape index (κ1) is 8.95. The van der Waals surface area contributed by atoms with Crippen LogP contribution in [0.4, 0.5) is 4.39 Å². The summed E-state index contributed by atoms with van der Waals surface area (Å²) in [5.41, 5.74) is 4.65. The van der Waals surface area contributed by atoms with Crippen LogP contribution in [-0.4, -0.2) is 13.2 Å². The predicted molar refractivity (Wildman–Crippen MR) is 16.1 cm³/mol. The van der Waals surface area contributed by atoms with Gasteiger partial charge in [-0.15, -0.1) is 0 Å². The summed E-state index contributed by atoms with van der Waals surface area (Å²) >= 11 is 0. The molecule has 0 saturated carbocycles. The first-order valence-electron chi connectivity index (χ1n) is 1.18. The fourth-order valence-corrected chi connectivity index (χ4v) is 0. The Morgan fingerprint density at radius 3 is 2.00 bits per heavy atom. The van der Waals surface area contributed by atoms with Crippen LogP contribution < -0.4 is 18.1 Å². The average molecular weight is 99.5 g/mol. The van der Waals surface area contributed by atoms with Crippen molar-refractivity contribution in [3.63, 3.8) is 0 Å². The molecule has 0 amide bonds. The van der Waals surface area contributed by atoms with E-state index in [4.69, 9.17) is 0 Å². The van der Waals surface area contributed by atoms with Gasteiger partial charge in [-0.05, 0) is 0 Å². The molecule has 0 atom stereocenters. The Balaban J connectivity index is -0.0000000450. The molecule has 0 bridgehead atoms. The van der Waals surface area contributed by atoms with E-state index in [-0.39, 0.29) is 20.4 Å². The molecule has 0 aliphatic heterocycles. The Kier molecular flexibility index (Phi) is 15.9. The number of nitrogens with two attached hydrogens (primary N) is 1. The van der Waals surface area contributed by atoms with Crippen molar-refractivity contribution in [1.82, 2.24) is 0 Å². The molecule has 0 heterocycles. The standard InChI is InChI=1S/C2H6FN.ClH/c3-1-2-4;/h1-2,4H2;1H. The Morgan fingerprint density at radius 2 is 2.00 bits per heavy atom. The Bertz CT molecular complexity index is 15.5. The van der Waals surface area contributed by atoms with E-state index in [1.807, 2.05) is 0 Å². The molecule has 0 aromatic heterocycles. The summed E-state index contributed by atoms with van der Waals surface area (Å²) in [4.78, 5) is 0. The first-order valence-corrected chi connectivity index (χ1v) is 1.18. The van der Waals surface area contributed by atoms with Crippen LogP contribution in [0.3, 0.4) is 0 Å². The normalized spacial score (nSPS) is 6.00. The Labute approximate surface area is 38.2 Å². The van der Waals surface area contributed by atoms with Gasteiger partial charge < -0.3 is 18.1 Å². The molecule has 1 nitrogen and oxygen atoms in total. The van der Waals surface area contributed by atoms with Gasteiger partial charge in [0.05, 0.1) is 0 Å². The van der Waals surface area contributed by atoms with Gasteiger partial charge in [-0.2, -0.15) is 0 Å². The highest BCUT2D eigenvalue weighted by atomic mass is 35.5. The third-order valence-electron chi connectivity index (χ3n) is 0.109. The van der Waals surface area contributed by atoms with Crippen molar-refractivity contribution in [1.29, 1.82) is 0 Å². The summed E-state index contributed by atoms with van der Waals surface area (Å²) in [6.45, 7) is -0.250. The largest absolute Gasteiger partial charge is 1.00 e. The molecule has 0 aromatic carbocycles. The van der Waals surface area contributed by atoms with E-state index >= 15 is 0 Å². The van der Waals surface area contributed by atoms with Crippen LogP contribution in [0.1, 0.15) is 1.43 Å². The van der Waals surface area contributed by atoms with E-state index in [1.165, 1.54) is 0 Å². The molecule has 2 N–H and O–H groups in total. The van der Waals surface area contributed by atoms with E-state index in [0.29, 0.717) is 0 Å². The summed E-state index contributed by atoms with van der Waals surface area (Å²) in [7, 11) is 0. The molecule has 0 unspecified atom stereocenters. The van der Waals surface area contributed by atoms with Gasteiger partial charge in [0.1, 0.15) is 6.67 Å². The Morgan fingerprint density at radius 1 is 1.80 bits per heavy atom. The fourth-order valence-electron chi connectivity index (χ4n) is 0. The minimum atomic E-state index is -0.403. The van der Waals surface area contributed by atoms with Crippen molar-refractivity contribution < 1.29 is 18.2 Å². The van der Waals surface area contributed by atoms with Gasteiger partial charge in [0.2, 0.25) is 0 Å². The summed E-state index contributed by atoms with van der Waals surface area (Å²) in [5.74, 6) is 0. The highest BCUT2D eigenvalue weighted by Crippen LogP contribution is 1.50. The van der Waals surface area contributed by atoms with Crippen molar-refractivity contribution in [3.8, 4) is 0 Å². The third-order valence-corrected chi connectivity index (χ3v) is 0.109. The van der Waals surface area contributed by atoms with Gasteiger partial charge in [-0.1, -0.05) is 0 Å². The van der Waals surface area contributed by atoms with Gasteiger partial charge >= 0.3 is 1.43 Å². The predicted octanol–water partition coefficient (Wildman–Crippen LogP) is -2.97. The molecule has 0 rings (SSSR count). The lowest BCUT2D eigenvalue weighted by atomic mass is 10.8. The van der Waals surface area contributed by atoms with Crippen molar-refractivity contribution >= 4 is 0 Å². The molecule has 3 heteroatoms. The minimum absolute atomic E-state index is 0. The van der Waals surface area contributed by atoms with E-state index in [1.54, 1.807) is 0 Å². The number of hydrogen-bond acceptors (Lipinski definition) is 1. The topological polar surface area (TPSA) is 26.0 Å². The number of hydrogen-bond donors (Lipinski definition) is 1. The van der Waals surface area contributed by atoms with Crippen LogP contribution in [0.2, 0.25) is 0 Å². The molecule has 0 fully saturated rings. The van der Waals surface area contributed by atoms with E-state index < -0.39 is 6.67 Å². The zero-order valence-corrected chi connectivity index (χ0v) is 3.50. The molecule has 0 aliphatic rings. The fraction of sp³-hybridized carbons (Fsp3) is 1.00. The maximum absolute atomic E-state index is 10.6. The smallest absolute Gasteiger partial charge is 1.00 e. The van der Waals surface area contributed by atoms with Gasteiger partial charge in [-0.25, -0.2) is 4.39 Å². The lowest BCUT2D eigenvalue weighted by Gasteiger charge is -1.67. The van der Waals surface area contributed by atoms with Crippen LogP contribution in [-0.2, 0) is 0 Å². The van der Waals surface area contributed by atoms with Crippen LogP contribution in [0, 0.1) is 0 Å². The van der Waals surface area contributed by atoms with Crippen molar-refractivity contribution in [3.05, 3.63) is 0 Å². The van der Waals surface area contributed by atoms with E-state index in [2.05, 4.69) is 5.73 Å².